The summed E-state index contributed by atoms with van der Waals surface area (Å²) in [6.45, 7) is 5.33. The van der Waals surface area contributed by atoms with Gasteiger partial charge in [-0.05, 0) is 44.5 Å². The maximum absolute atomic E-state index is 12.3. The van der Waals surface area contributed by atoms with Gasteiger partial charge in [-0.25, -0.2) is 4.98 Å². The van der Waals surface area contributed by atoms with E-state index in [9.17, 15) is 9.59 Å². The van der Waals surface area contributed by atoms with E-state index >= 15 is 0 Å². The predicted molar refractivity (Wildman–Crippen MR) is 98.8 cm³/mol. The van der Waals surface area contributed by atoms with E-state index in [1.807, 2.05) is 37.2 Å². The Hall–Kier alpha value is -2.69. The second-order valence-corrected chi connectivity index (χ2v) is 7.07. The molecule has 0 spiro atoms. The van der Waals surface area contributed by atoms with Crippen LogP contribution in [0.2, 0.25) is 0 Å². The molecular formula is C20H24N2O3. The van der Waals surface area contributed by atoms with E-state index in [0.29, 0.717) is 5.56 Å². The lowest BCUT2D eigenvalue weighted by Gasteiger charge is -2.19. The summed E-state index contributed by atoms with van der Waals surface area (Å²) in [4.78, 5) is 30.5. The van der Waals surface area contributed by atoms with Gasteiger partial charge in [-0.3, -0.25) is 9.59 Å². The largest absolute Gasteiger partial charge is 0.460 e. The van der Waals surface area contributed by atoms with E-state index < -0.39 is 11.6 Å². The molecule has 25 heavy (non-hydrogen) atoms. The van der Waals surface area contributed by atoms with Crippen LogP contribution in [0.5, 0.6) is 0 Å². The predicted octanol–water partition coefficient (Wildman–Crippen LogP) is 3.73. The Morgan fingerprint density at radius 1 is 1.08 bits per heavy atom. The summed E-state index contributed by atoms with van der Waals surface area (Å²) in [6, 6.07) is 11.1. The van der Waals surface area contributed by atoms with E-state index in [1.54, 1.807) is 45.2 Å². The lowest BCUT2D eigenvalue weighted by Crippen LogP contribution is -2.25. The summed E-state index contributed by atoms with van der Waals surface area (Å²) in [5, 5.41) is 0. The molecule has 0 saturated carbocycles. The van der Waals surface area contributed by atoms with Crippen LogP contribution in [0.3, 0.4) is 0 Å². The fourth-order valence-electron chi connectivity index (χ4n) is 2.30. The quantitative estimate of drug-likeness (QED) is 0.471. The lowest BCUT2D eigenvalue weighted by atomic mass is 10.0. The molecule has 1 aromatic carbocycles. The highest BCUT2D eigenvalue weighted by Gasteiger charge is 2.20. The number of ether oxygens (including phenoxy) is 1. The Morgan fingerprint density at radius 3 is 2.36 bits per heavy atom. The molecule has 0 aliphatic carbocycles. The molecule has 0 N–H and O–H groups in total. The van der Waals surface area contributed by atoms with E-state index in [-0.39, 0.29) is 12.2 Å². The number of hydrogen-bond donors (Lipinski definition) is 0. The maximum Gasteiger partial charge on any atom is 0.314 e. The van der Waals surface area contributed by atoms with Gasteiger partial charge in [0.25, 0.3) is 0 Å². The van der Waals surface area contributed by atoms with Crippen LogP contribution in [0.15, 0.2) is 42.6 Å². The molecule has 0 saturated heterocycles. The van der Waals surface area contributed by atoms with Crippen molar-refractivity contribution in [2.75, 3.05) is 19.0 Å². The summed E-state index contributed by atoms with van der Waals surface area (Å²) in [5.41, 5.74) is 1.68. The SMILES string of the molecule is CN(C)c1ccc(-c2cccc(C(=O)CC(=O)OC(C)(C)C)c2)cn1. The van der Waals surface area contributed by atoms with Gasteiger partial charge in [0.2, 0.25) is 0 Å². The van der Waals surface area contributed by atoms with Crippen molar-refractivity contribution in [1.29, 1.82) is 0 Å². The number of carbonyl (C=O) groups excluding carboxylic acids is 2. The van der Waals surface area contributed by atoms with Crippen molar-refractivity contribution in [2.45, 2.75) is 32.8 Å². The van der Waals surface area contributed by atoms with Crippen LogP contribution in [0.4, 0.5) is 5.82 Å². The number of esters is 1. The van der Waals surface area contributed by atoms with Crippen molar-refractivity contribution in [3.8, 4) is 11.1 Å². The first-order chi connectivity index (χ1) is 11.7. The second-order valence-electron chi connectivity index (χ2n) is 7.07. The lowest BCUT2D eigenvalue weighted by molar-refractivity contribution is -0.153. The Kier molecular flexibility index (Phi) is 5.57. The van der Waals surface area contributed by atoms with E-state index in [4.69, 9.17) is 4.74 Å². The number of rotatable bonds is 5. The van der Waals surface area contributed by atoms with Crippen molar-refractivity contribution in [3.63, 3.8) is 0 Å². The number of ketones is 1. The summed E-state index contributed by atoms with van der Waals surface area (Å²) in [6.07, 6.45) is 1.51. The topological polar surface area (TPSA) is 59.5 Å². The molecule has 0 aliphatic heterocycles. The van der Waals surface area contributed by atoms with E-state index in [1.165, 1.54) is 0 Å². The third kappa shape index (κ3) is 5.41. The monoisotopic (exact) mass is 340 g/mol. The van der Waals surface area contributed by atoms with Crippen LogP contribution >= 0.6 is 0 Å². The van der Waals surface area contributed by atoms with Crippen molar-refractivity contribution >= 4 is 17.6 Å². The van der Waals surface area contributed by atoms with Gasteiger partial charge in [-0.2, -0.15) is 0 Å². The summed E-state index contributed by atoms with van der Waals surface area (Å²) in [7, 11) is 3.86. The number of anilines is 1. The molecular weight excluding hydrogens is 316 g/mol. The molecule has 0 radical (unpaired) electrons. The number of Topliss-reactive ketones (excluding diaryl/α,β-unsaturated/α-hetero) is 1. The number of hydrogen-bond acceptors (Lipinski definition) is 5. The average Bonchev–Trinajstić information content (AvgIpc) is 2.53. The molecule has 1 heterocycles. The molecule has 0 fully saturated rings. The average molecular weight is 340 g/mol. The molecule has 2 rings (SSSR count). The molecule has 1 aromatic heterocycles. The smallest absolute Gasteiger partial charge is 0.314 e. The van der Waals surface area contributed by atoms with Crippen LogP contribution in [0.25, 0.3) is 11.1 Å². The summed E-state index contributed by atoms with van der Waals surface area (Å²) < 4.78 is 5.21. The van der Waals surface area contributed by atoms with Gasteiger partial charge in [0, 0.05) is 31.4 Å². The zero-order chi connectivity index (χ0) is 18.6. The summed E-state index contributed by atoms with van der Waals surface area (Å²) in [5.74, 6) is 0.0924. The third-order valence-electron chi connectivity index (χ3n) is 3.45. The van der Waals surface area contributed by atoms with E-state index in [2.05, 4.69) is 4.98 Å². The Balaban J connectivity index is 2.15. The summed E-state index contributed by atoms with van der Waals surface area (Å²) >= 11 is 0. The molecule has 0 bridgehead atoms. The molecule has 0 unspecified atom stereocenters. The zero-order valence-corrected chi connectivity index (χ0v) is 15.4. The minimum absolute atomic E-state index is 0.256. The number of aromatic nitrogens is 1. The highest BCUT2D eigenvalue weighted by atomic mass is 16.6. The molecule has 0 aliphatic rings. The van der Waals surface area contributed by atoms with Gasteiger partial charge in [0.1, 0.15) is 17.8 Å². The van der Waals surface area contributed by atoms with Gasteiger partial charge in [-0.1, -0.05) is 18.2 Å². The van der Waals surface area contributed by atoms with Gasteiger partial charge < -0.3 is 9.64 Å². The minimum Gasteiger partial charge on any atom is -0.460 e. The standard InChI is InChI=1S/C20H24N2O3/c1-20(2,3)25-19(24)12-17(23)15-8-6-7-14(11-15)16-9-10-18(21-13-16)22(4)5/h6-11,13H,12H2,1-5H3. The third-order valence-corrected chi connectivity index (χ3v) is 3.45. The van der Waals surface area contributed by atoms with Crippen LogP contribution in [-0.2, 0) is 9.53 Å². The van der Waals surface area contributed by atoms with Crippen molar-refractivity contribution in [3.05, 3.63) is 48.2 Å². The highest BCUT2D eigenvalue weighted by Crippen LogP contribution is 2.22. The second kappa shape index (κ2) is 7.47. The molecule has 0 atom stereocenters. The first-order valence-corrected chi connectivity index (χ1v) is 8.14. The van der Waals surface area contributed by atoms with Crippen LogP contribution < -0.4 is 4.90 Å². The number of benzene rings is 1. The van der Waals surface area contributed by atoms with Gasteiger partial charge in [0.05, 0.1) is 0 Å². The highest BCUT2D eigenvalue weighted by molar-refractivity contribution is 6.06. The minimum atomic E-state index is -0.598. The van der Waals surface area contributed by atoms with Crippen LogP contribution in [-0.4, -0.2) is 36.4 Å². The normalized spacial score (nSPS) is 11.1. The number of carbonyl (C=O) groups is 2. The molecule has 2 aromatic rings. The molecule has 5 nitrogen and oxygen atoms in total. The van der Waals surface area contributed by atoms with Crippen molar-refractivity contribution in [2.24, 2.45) is 0 Å². The molecule has 5 heteroatoms. The van der Waals surface area contributed by atoms with Crippen molar-refractivity contribution < 1.29 is 14.3 Å². The Labute approximate surface area is 148 Å². The number of pyridine rings is 1. The van der Waals surface area contributed by atoms with Gasteiger partial charge in [-0.15, -0.1) is 0 Å². The molecule has 132 valence electrons. The van der Waals surface area contributed by atoms with E-state index in [0.717, 1.165) is 16.9 Å². The van der Waals surface area contributed by atoms with Crippen molar-refractivity contribution in [1.82, 2.24) is 4.98 Å². The van der Waals surface area contributed by atoms with Crippen LogP contribution in [0.1, 0.15) is 37.6 Å². The van der Waals surface area contributed by atoms with Crippen LogP contribution in [0, 0.1) is 0 Å². The van der Waals surface area contributed by atoms with Gasteiger partial charge >= 0.3 is 5.97 Å². The number of nitrogens with zero attached hydrogens (tertiary/aromatic N) is 2. The molecule has 0 amide bonds. The fraction of sp³-hybridized carbons (Fsp3) is 0.350. The first kappa shape index (κ1) is 18.6. The Bertz CT molecular complexity index is 759. The zero-order valence-electron chi connectivity index (χ0n) is 15.4. The maximum atomic E-state index is 12.3. The van der Waals surface area contributed by atoms with Gasteiger partial charge in [0.15, 0.2) is 5.78 Å². The fourth-order valence-corrected chi connectivity index (χ4v) is 2.30. The first-order valence-electron chi connectivity index (χ1n) is 8.14. The Morgan fingerprint density at radius 2 is 1.80 bits per heavy atom.